The van der Waals surface area contributed by atoms with Gasteiger partial charge in [0.15, 0.2) is 0 Å². The Hall–Kier alpha value is -1.68. The molecule has 3 aliphatic rings. The summed E-state index contributed by atoms with van der Waals surface area (Å²) in [5, 5.41) is 14.0. The van der Waals surface area contributed by atoms with Crippen LogP contribution in [0.4, 0.5) is 0 Å². The van der Waals surface area contributed by atoms with Gasteiger partial charge in [0.25, 0.3) is 8.32 Å². The zero-order valence-corrected chi connectivity index (χ0v) is 22.4. The largest absolute Gasteiger partial charge is 0.404 e. The van der Waals surface area contributed by atoms with Gasteiger partial charge in [-0.05, 0) is 77.1 Å². The van der Waals surface area contributed by atoms with Crippen molar-refractivity contribution in [2.75, 3.05) is 0 Å². The lowest BCUT2D eigenvalue weighted by Gasteiger charge is -2.53. The topological polar surface area (TPSA) is 29.5 Å². The maximum absolute atomic E-state index is 11.3. The minimum absolute atomic E-state index is 0.0215. The summed E-state index contributed by atoms with van der Waals surface area (Å²) in [5.74, 6) is 1.24. The van der Waals surface area contributed by atoms with Crippen LogP contribution in [0.15, 0.2) is 72.8 Å². The van der Waals surface area contributed by atoms with Crippen LogP contribution in [0.5, 0.6) is 0 Å². The first-order valence-electron chi connectivity index (χ1n) is 13.4. The number of allylic oxidation sites excluding steroid dienone is 1. The quantitative estimate of drug-likeness (QED) is 0.429. The number of benzene rings is 2. The van der Waals surface area contributed by atoms with Crippen molar-refractivity contribution >= 4 is 18.7 Å². The Morgan fingerprint density at radius 3 is 2.06 bits per heavy atom. The van der Waals surface area contributed by atoms with E-state index in [1.54, 1.807) is 0 Å². The van der Waals surface area contributed by atoms with E-state index in [0.717, 1.165) is 12.8 Å². The molecule has 3 heteroatoms. The van der Waals surface area contributed by atoms with Gasteiger partial charge in [0.1, 0.15) is 0 Å². The highest BCUT2D eigenvalue weighted by molar-refractivity contribution is 6.99. The standard InChI is InChI=1S/C31H42O2Si/c1-23-18-21-31-20-12-11-17-26(32)28(23)29(31)27(19-22-31)33-34(30(2,3)4,24-13-7-5-8-14-24)25-15-9-6-10-16-25/h5-11,13-17,23,26-29,32H,12,18-22H2,1-4H3/b17-11-/t23-,26?,27+,28+,29+,31+/m1/s1. The molecule has 182 valence electrons. The van der Waals surface area contributed by atoms with E-state index in [9.17, 15) is 5.11 Å². The molecule has 0 spiro atoms. The van der Waals surface area contributed by atoms with E-state index < -0.39 is 8.32 Å². The van der Waals surface area contributed by atoms with Crippen LogP contribution in [0, 0.1) is 23.2 Å². The lowest BCUT2D eigenvalue weighted by Crippen LogP contribution is -2.68. The molecule has 0 aliphatic heterocycles. The first-order chi connectivity index (χ1) is 16.3. The van der Waals surface area contributed by atoms with Crippen LogP contribution in [0.1, 0.15) is 66.2 Å². The molecule has 0 heterocycles. The van der Waals surface area contributed by atoms with Gasteiger partial charge in [0, 0.05) is 6.10 Å². The van der Waals surface area contributed by atoms with Gasteiger partial charge in [-0.25, -0.2) is 0 Å². The van der Waals surface area contributed by atoms with Crippen molar-refractivity contribution in [3.8, 4) is 0 Å². The highest BCUT2D eigenvalue weighted by atomic mass is 28.4. The smallest absolute Gasteiger partial charge is 0.261 e. The minimum Gasteiger partial charge on any atom is -0.404 e. The summed E-state index contributed by atoms with van der Waals surface area (Å²) in [4.78, 5) is 0. The molecule has 2 aromatic carbocycles. The summed E-state index contributed by atoms with van der Waals surface area (Å²) in [6.07, 6.45) is 11.4. The van der Waals surface area contributed by atoms with Crippen LogP contribution in [-0.2, 0) is 4.43 Å². The fourth-order valence-corrected chi connectivity index (χ4v) is 12.7. The number of rotatable bonds is 4. The van der Waals surface area contributed by atoms with Crippen molar-refractivity contribution in [1.29, 1.82) is 0 Å². The third-order valence-corrected chi connectivity index (χ3v) is 14.5. The summed E-state index contributed by atoms with van der Waals surface area (Å²) in [7, 11) is -2.61. The third-order valence-electron chi connectivity index (χ3n) is 9.49. The molecule has 0 radical (unpaired) electrons. The van der Waals surface area contributed by atoms with E-state index >= 15 is 0 Å². The van der Waals surface area contributed by atoms with Gasteiger partial charge < -0.3 is 9.53 Å². The van der Waals surface area contributed by atoms with Gasteiger partial charge in [-0.1, -0.05) is 101 Å². The molecule has 6 atom stereocenters. The molecule has 2 saturated carbocycles. The molecule has 5 rings (SSSR count). The minimum atomic E-state index is -2.61. The number of hydrogen-bond donors (Lipinski definition) is 1. The number of hydrogen-bond acceptors (Lipinski definition) is 2. The van der Waals surface area contributed by atoms with Gasteiger partial charge >= 0.3 is 0 Å². The van der Waals surface area contributed by atoms with Crippen LogP contribution < -0.4 is 10.4 Å². The molecular formula is C31H42O2Si. The number of aliphatic hydroxyl groups is 1. The van der Waals surface area contributed by atoms with Gasteiger partial charge in [-0.15, -0.1) is 0 Å². The lowest BCUT2D eigenvalue weighted by molar-refractivity contribution is -0.0672. The van der Waals surface area contributed by atoms with E-state index in [4.69, 9.17) is 4.43 Å². The molecule has 2 fully saturated rings. The van der Waals surface area contributed by atoms with Crippen molar-refractivity contribution in [3.05, 3.63) is 72.8 Å². The Bertz CT molecular complexity index is 956. The highest BCUT2D eigenvalue weighted by Gasteiger charge is 2.60. The zero-order chi connectivity index (χ0) is 24.0. The monoisotopic (exact) mass is 474 g/mol. The Labute approximate surface area is 207 Å². The van der Waals surface area contributed by atoms with E-state index in [0.29, 0.717) is 17.3 Å². The first kappa shape index (κ1) is 24.0. The molecular weight excluding hydrogens is 432 g/mol. The molecule has 0 aromatic heterocycles. The third kappa shape index (κ3) is 3.85. The molecule has 0 amide bonds. The second-order valence-electron chi connectivity index (χ2n) is 12.3. The molecule has 2 bridgehead atoms. The summed E-state index contributed by atoms with van der Waals surface area (Å²) < 4.78 is 7.73. The SMILES string of the molecule is C[C@@H]1CC[C@]23CC/C=C\C(O)[C@H]1[C@@H]2[C@@H](O[Si](c1ccccc1)(c1ccccc1)C(C)(C)C)CC3. The first-order valence-corrected chi connectivity index (χ1v) is 15.3. The van der Waals surface area contributed by atoms with Gasteiger partial charge in [0.2, 0.25) is 0 Å². The van der Waals surface area contributed by atoms with Crippen molar-refractivity contribution in [3.63, 3.8) is 0 Å². The van der Waals surface area contributed by atoms with E-state index in [1.807, 2.05) is 0 Å². The fourth-order valence-electron chi connectivity index (χ4n) is 7.93. The molecule has 2 aromatic rings. The predicted octanol–water partition coefficient (Wildman–Crippen LogP) is 6.09. The van der Waals surface area contributed by atoms with Crippen LogP contribution in [0.2, 0.25) is 5.04 Å². The van der Waals surface area contributed by atoms with Crippen molar-refractivity contribution in [2.24, 2.45) is 23.2 Å². The van der Waals surface area contributed by atoms with Crippen molar-refractivity contribution < 1.29 is 9.53 Å². The average Bonchev–Trinajstić information content (AvgIpc) is 3.17. The van der Waals surface area contributed by atoms with E-state index in [2.05, 4.69) is 101 Å². The molecule has 1 unspecified atom stereocenters. The summed E-state index contributed by atoms with van der Waals surface area (Å²) in [6, 6.07) is 22.1. The normalized spacial score (nSPS) is 34.7. The molecule has 34 heavy (non-hydrogen) atoms. The van der Waals surface area contributed by atoms with Crippen LogP contribution in [0.25, 0.3) is 0 Å². The van der Waals surface area contributed by atoms with Gasteiger partial charge in [-0.2, -0.15) is 0 Å². The lowest BCUT2D eigenvalue weighted by atomic mass is 9.56. The van der Waals surface area contributed by atoms with E-state index in [1.165, 1.54) is 36.1 Å². The van der Waals surface area contributed by atoms with Gasteiger partial charge in [-0.3, -0.25) is 0 Å². The second kappa shape index (κ2) is 9.08. The molecule has 3 aliphatic carbocycles. The fraction of sp³-hybridized carbons (Fsp3) is 0.548. The maximum Gasteiger partial charge on any atom is 0.261 e. The molecule has 2 nitrogen and oxygen atoms in total. The van der Waals surface area contributed by atoms with Crippen molar-refractivity contribution in [1.82, 2.24) is 0 Å². The van der Waals surface area contributed by atoms with Crippen LogP contribution in [-0.4, -0.2) is 25.6 Å². The van der Waals surface area contributed by atoms with Crippen LogP contribution >= 0.6 is 0 Å². The Morgan fingerprint density at radius 1 is 0.882 bits per heavy atom. The van der Waals surface area contributed by atoms with Crippen LogP contribution in [0.3, 0.4) is 0 Å². The molecule has 1 N–H and O–H groups in total. The Balaban J connectivity index is 1.64. The van der Waals surface area contributed by atoms with Crippen molar-refractivity contribution in [2.45, 2.75) is 83.5 Å². The van der Waals surface area contributed by atoms with Gasteiger partial charge in [0.05, 0.1) is 6.10 Å². The summed E-state index contributed by atoms with van der Waals surface area (Å²) in [6.45, 7) is 9.50. The highest BCUT2D eigenvalue weighted by Crippen LogP contribution is 2.61. The predicted molar refractivity (Wildman–Crippen MR) is 144 cm³/mol. The van der Waals surface area contributed by atoms with E-state index in [-0.39, 0.29) is 23.2 Å². The average molecular weight is 475 g/mol. The Morgan fingerprint density at radius 2 is 1.47 bits per heavy atom. The summed E-state index contributed by atoms with van der Waals surface area (Å²) >= 11 is 0. The second-order valence-corrected chi connectivity index (χ2v) is 16.5. The molecule has 0 saturated heterocycles. The Kier molecular flexibility index (Phi) is 6.41. The maximum atomic E-state index is 11.3. The summed E-state index contributed by atoms with van der Waals surface area (Å²) in [5.41, 5.74) is 0.318. The zero-order valence-electron chi connectivity index (χ0n) is 21.4. The number of aliphatic hydroxyl groups excluding tert-OH is 1.